The number of hydrogen-bond donors (Lipinski definition) is 1. The summed E-state index contributed by atoms with van der Waals surface area (Å²) in [5, 5.41) is 3.87. The molecule has 6 rings (SSSR count). The third-order valence-corrected chi connectivity index (χ3v) is 7.11. The molecule has 1 N–H and O–H groups in total. The van der Waals surface area contributed by atoms with Crippen LogP contribution in [0.3, 0.4) is 0 Å². The van der Waals surface area contributed by atoms with Crippen molar-refractivity contribution in [3.05, 3.63) is 107 Å². The van der Waals surface area contributed by atoms with Crippen LogP contribution in [-0.4, -0.2) is 14.9 Å². The Morgan fingerprint density at radius 1 is 0.886 bits per heavy atom. The molecule has 0 fully saturated rings. The van der Waals surface area contributed by atoms with Crippen LogP contribution in [0, 0.1) is 6.92 Å². The van der Waals surface area contributed by atoms with Gasteiger partial charge in [-0.05, 0) is 61.6 Å². The summed E-state index contributed by atoms with van der Waals surface area (Å²) >= 11 is 6.17. The molecule has 0 radical (unpaired) electrons. The van der Waals surface area contributed by atoms with Crippen LogP contribution in [0.15, 0.2) is 85.1 Å². The van der Waals surface area contributed by atoms with Gasteiger partial charge in [0.15, 0.2) is 0 Å². The van der Waals surface area contributed by atoms with Crippen LogP contribution in [-0.2, 0) is 13.0 Å². The number of nitrogens with zero attached hydrogens (tertiary/aromatic N) is 2. The van der Waals surface area contributed by atoms with Crippen molar-refractivity contribution in [3.8, 4) is 22.4 Å². The lowest BCUT2D eigenvalue weighted by atomic mass is 9.98. The number of amides is 1. The number of anilines is 1. The summed E-state index contributed by atoms with van der Waals surface area (Å²) in [7, 11) is 0. The van der Waals surface area contributed by atoms with E-state index in [0.717, 1.165) is 65.1 Å². The molecule has 2 aromatic heterocycles. The number of carbonyl (C=O) groups excluding carboxylic acids is 1. The largest absolute Gasteiger partial charge is 0.325 e. The first-order valence-corrected chi connectivity index (χ1v) is 12.4. The lowest BCUT2D eigenvalue weighted by Gasteiger charge is -2.10. The summed E-state index contributed by atoms with van der Waals surface area (Å²) in [6.07, 6.45) is 5.23. The first-order chi connectivity index (χ1) is 17.1. The van der Waals surface area contributed by atoms with Gasteiger partial charge in [0, 0.05) is 34.6 Å². The smallest absolute Gasteiger partial charge is 0.273 e. The fourth-order valence-corrected chi connectivity index (χ4v) is 5.33. The fourth-order valence-electron chi connectivity index (χ4n) is 5.20. The highest BCUT2D eigenvalue weighted by Gasteiger charge is 2.29. The van der Waals surface area contributed by atoms with Crippen molar-refractivity contribution in [1.29, 1.82) is 0 Å². The first kappa shape index (κ1) is 21.8. The van der Waals surface area contributed by atoms with Crippen molar-refractivity contribution in [2.45, 2.75) is 32.7 Å². The molecular formula is C30H26ClN3O. The highest BCUT2D eigenvalue weighted by Crippen LogP contribution is 2.39. The number of hydrogen-bond acceptors (Lipinski definition) is 1. The van der Waals surface area contributed by atoms with E-state index in [1.165, 1.54) is 5.56 Å². The molecule has 0 bridgehead atoms. The average Bonchev–Trinajstić information content (AvgIpc) is 3.29. The van der Waals surface area contributed by atoms with Gasteiger partial charge in [-0.2, -0.15) is 0 Å². The lowest BCUT2D eigenvalue weighted by Crippen LogP contribution is -2.15. The minimum Gasteiger partial charge on any atom is -0.325 e. The SMILES string of the molecule is Cc1ccc(NC(=O)c2c(-c3ccccc3)c3c4n(c(-c5ccc(Cl)cc5)cn24)CCCC3)cc1. The number of aryl methyl sites for hydroxylation is 3. The number of halogens is 1. The zero-order valence-corrected chi connectivity index (χ0v) is 20.3. The third-order valence-electron chi connectivity index (χ3n) is 6.86. The lowest BCUT2D eigenvalue weighted by molar-refractivity contribution is 0.102. The first-order valence-electron chi connectivity index (χ1n) is 12.1. The van der Waals surface area contributed by atoms with Crippen molar-refractivity contribution >= 4 is 28.8 Å². The van der Waals surface area contributed by atoms with E-state index in [-0.39, 0.29) is 5.91 Å². The van der Waals surface area contributed by atoms with E-state index in [2.05, 4.69) is 44.7 Å². The van der Waals surface area contributed by atoms with Gasteiger partial charge >= 0.3 is 0 Å². The molecule has 3 aromatic carbocycles. The molecule has 1 amide bonds. The van der Waals surface area contributed by atoms with Gasteiger partial charge in [-0.15, -0.1) is 0 Å². The Labute approximate surface area is 209 Å². The number of benzene rings is 3. The van der Waals surface area contributed by atoms with Crippen molar-refractivity contribution in [2.75, 3.05) is 5.32 Å². The summed E-state index contributed by atoms with van der Waals surface area (Å²) < 4.78 is 4.48. The summed E-state index contributed by atoms with van der Waals surface area (Å²) in [6.45, 7) is 2.96. The van der Waals surface area contributed by atoms with Crippen molar-refractivity contribution < 1.29 is 4.79 Å². The molecule has 1 aliphatic rings. The van der Waals surface area contributed by atoms with Gasteiger partial charge in [-0.1, -0.05) is 71.8 Å². The maximum Gasteiger partial charge on any atom is 0.273 e. The molecule has 1 aliphatic heterocycles. The molecule has 0 aliphatic carbocycles. The molecule has 35 heavy (non-hydrogen) atoms. The van der Waals surface area contributed by atoms with E-state index in [9.17, 15) is 4.79 Å². The van der Waals surface area contributed by atoms with E-state index in [1.54, 1.807) is 0 Å². The third kappa shape index (κ3) is 3.84. The maximum absolute atomic E-state index is 13.9. The topological polar surface area (TPSA) is 38.4 Å². The second kappa shape index (κ2) is 8.79. The maximum atomic E-state index is 13.9. The summed E-state index contributed by atoms with van der Waals surface area (Å²) in [4.78, 5) is 13.9. The van der Waals surface area contributed by atoms with E-state index >= 15 is 0 Å². The minimum atomic E-state index is -0.102. The molecule has 3 heterocycles. The highest BCUT2D eigenvalue weighted by molar-refractivity contribution is 6.30. The van der Waals surface area contributed by atoms with E-state index in [0.29, 0.717) is 10.7 Å². The molecular weight excluding hydrogens is 454 g/mol. The summed E-state index contributed by atoms with van der Waals surface area (Å²) in [5.74, 6) is -0.102. The zero-order chi connectivity index (χ0) is 23.9. The standard InChI is InChI=1S/C30H26ClN3O/c1-20-10-16-24(17-11-20)32-29(35)28-27(22-7-3-2-4-8-22)25-9-5-6-18-33-26(19-34(28)30(25)33)21-12-14-23(31)15-13-21/h2-4,7-8,10-17,19H,5-6,9,18H2,1H3,(H,32,35). The van der Waals surface area contributed by atoms with E-state index in [1.807, 2.05) is 61.5 Å². The molecule has 5 heteroatoms. The summed E-state index contributed by atoms with van der Waals surface area (Å²) in [5.41, 5.74) is 9.28. The van der Waals surface area contributed by atoms with Gasteiger partial charge in [0.05, 0.1) is 5.69 Å². The molecule has 5 aromatic rings. The molecule has 0 spiro atoms. The quantitative estimate of drug-likeness (QED) is 0.283. The molecule has 0 unspecified atom stereocenters. The Balaban J connectivity index is 1.60. The van der Waals surface area contributed by atoms with Crippen molar-refractivity contribution in [1.82, 2.24) is 8.97 Å². The predicted octanol–water partition coefficient (Wildman–Crippen LogP) is 7.63. The van der Waals surface area contributed by atoms with Crippen LogP contribution in [0.5, 0.6) is 0 Å². The molecule has 4 nitrogen and oxygen atoms in total. The predicted molar refractivity (Wildman–Crippen MR) is 143 cm³/mol. The van der Waals surface area contributed by atoms with E-state index < -0.39 is 0 Å². The second-order valence-electron chi connectivity index (χ2n) is 9.21. The van der Waals surface area contributed by atoms with Gasteiger partial charge in [0.2, 0.25) is 0 Å². The Bertz CT molecular complexity index is 1530. The van der Waals surface area contributed by atoms with Crippen LogP contribution in [0.1, 0.15) is 34.5 Å². The number of imidazole rings is 1. The molecule has 0 saturated carbocycles. The average molecular weight is 480 g/mol. The van der Waals surface area contributed by atoms with Crippen molar-refractivity contribution in [2.24, 2.45) is 0 Å². The van der Waals surface area contributed by atoms with Crippen LogP contribution >= 0.6 is 11.6 Å². The van der Waals surface area contributed by atoms with E-state index in [4.69, 9.17) is 11.6 Å². The van der Waals surface area contributed by atoms with Gasteiger partial charge in [-0.3, -0.25) is 9.20 Å². The van der Waals surface area contributed by atoms with Crippen LogP contribution in [0.2, 0.25) is 5.02 Å². The van der Waals surface area contributed by atoms with Crippen molar-refractivity contribution in [3.63, 3.8) is 0 Å². The van der Waals surface area contributed by atoms with Gasteiger partial charge < -0.3 is 9.88 Å². The van der Waals surface area contributed by atoms with Crippen LogP contribution in [0.4, 0.5) is 5.69 Å². The Kier molecular flexibility index (Phi) is 5.46. The van der Waals surface area contributed by atoms with Gasteiger partial charge in [0.1, 0.15) is 11.3 Å². The number of aromatic nitrogens is 2. The monoisotopic (exact) mass is 479 g/mol. The second-order valence-corrected chi connectivity index (χ2v) is 9.65. The molecule has 0 atom stereocenters. The minimum absolute atomic E-state index is 0.102. The zero-order valence-electron chi connectivity index (χ0n) is 19.6. The highest BCUT2D eigenvalue weighted by atomic mass is 35.5. The number of rotatable bonds is 4. The van der Waals surface area contributed by atoms with Gasteiger partial charge in [0.25, 0.3) is 5.91 Å². The number of carbonyl (C=O) groups is 1. The van der Waals surface area contributed by atoms with Crippen LogP contribution < -0.4 is 5.32 Å². The number of nitrogens with one attached hydrogen (secondary N) is 1. The normalized spacial score (nSPS) is 13.1. The van der Waals surface area contributed by atoms with Crippen LogP contribution in [0.25, 0.3) is 28.0 Å². The molecule has 0 saturated heterocycles. The summed E-state index contributed by atoms with van der Waals surface area (Å²) in [6, 6.07) is 26.2. The molecule has 174 valence electrons. The fraction of sp³-hybridized carbons (Fsp3) is 0.167. The Hall–Kier alpha value is -3.76. The Morgan fingerprint density at radius 2 is 1.63 bits per heavy atom. The Morgan fingerprint density at radius 3 is 2.37 bits per heavy atom. The van der Waals surface area contributed by atoms with Gasteiger partial charge in [-0.25, -0.2) is 0 Å².